The van der Waals surface area contributed by atoms with Gasteiger partial charge in [-0.1, -0.05) is 30.3 Å². The molecular formula is C20H24F3N3O. The van der Waals surface area contributed by atoms with E-state index in [1.807, 2.05) is 18.2 Å². The lowest BCUT2D eigenvalue weighted by Gasteiger charge is -2.38. The number of nitrogens with two attached hydrogens (primary N) is 1. The number of rotatable bonds is 5. The molecule has 1 atom stereocenters. The van der Waals surface area contributed by atoms with Crippen molar-refractivity contribution in [3.63, 3.8) is 0 Å². The van der Waals surface area contributed by atoms with Gasteiger partial charge in [-0.05, 0) is 50.6 Å². The molecule has 0 saturated carbocycles. The Kier molecular flexibility index (Phi) is 5.72. The molecule has 1 unspecified atom stereocenters. The third-order valence-corrected chi connectivity index (χ3v) is 5.17. The molecule has 1 aromatic carbocycles. The summed E-state index contributed by atoms with van der Waals surface area (Å²) in [5.41, 5.74) is 5.99. The van der Waals surface area contributed by atoms with Crippen molar-refractivity contribution in [3.05, 3.63) is 59.3 Å². The molecule has 1 aliphatic rings. The monoisotopic (exact) mass is 379 g/mol. The predicted octanol–water partition coefficient (Wildman–Crippen LogP) is 4.08. The Balaban J connectivity index is 1.79. The molecule has 1 aromatic heterocycles. The number of alkyl halides is 3. The van der Waals surface area contributed by atoms with Crippen LogP contribution in [0.5, 0.6) is 0 Å². The summed E-state index contributed by atoms with van der Waals surface area (Å²) in [6.07, 6.45) is -3.25. The first-order chi connectivity index (χ1) is 12.8. The van der Waals surface area contributed by atoms with E-state index in [0.717, 1.165) is 38.1 Å². The van der Waals surface area contributed by atoms with E-state index in [1.165, 1.54) is 5.56 Å². The molecule has 2 heterocycles. The van der Waals surface area contributed by atoms with E-state index in [1.54, 1.807) is 6.92 Å². The van der Waals surface area contributed by atoms with E-state index in [9.17, 15) is 13.2 Å². The van der Waals surface area contributed by atoms with Gasteiger partial charge in [0.2, 0.25) is 0 Å². The van der Waals surface area contributed by atoms with Gasteiger partial charge < -0.3 is 15.8 Å². The summed E-state index contributed by atoms with van der Waals surface area (Å²) in [6, 6.07) is 12.0. The lowest BCUT2D eigenvalue weighted by atomic mass is 9.74. The Bertz CT molecular complexity index is 759. The normalized spacial score (nSPS) is 18.2. The van der Waals surface area contributed by atoms with Gasteiger partial charge in [-0.15, -0.1) is 0 Å². The van der Waals surface area contributed by atoms with Crippen LogP contribution < -0.4 is 11.1 Å². The Morgan fingerprint density at radius 2 is 1.85 bits per heavy atom. The molecule has 0 radical (unpaired) electrons. The largest absolute Gasteiger partial charge is 0.416 e. The van der Waals surface area contributed by atoms with Gasteiger partial charge in [-0.25, -0.2) is 4.98 Å². The van der Waals surface area contributed by atoms with Gasteiger partial charge in [-0.3, -0.25) is 0 Å². The summed E-state index contributed by atoms with van der Waals surface area (Å²) >= 11 is 0. The van der Waals surface area contributed by atoms with Gasteiger partial charge in [-0.2, -0.15) is 13.2 Å². The number of benzene rings is 1. The van der Waals surface area contributed by atoms with Crippen molar-refractivity contribution in [1.29, 1.82) is 0 Å². The lowest BCUT2D eigenvalue weighted by molar-refractivity contribution is -0.137. The van der Waals surface area contributed by atoms with Crippen molar-refractivity contribution < 1.29 is 17.9 Å². The van der Waals surface area contributed by atoms with Gasteiger partial charge in [0.25, 0.3) is 0 Å². The number of hydrogen-bond acceptors (Lipinski definition) is 4. The van der Waals surface area contributed by atoms with E-state index in [0.29, 0.717) is 6.61 Å². The molecule has 7 heteroatoms. The highest BCUT2D eigenvalue weighted by Gasteiger charge is 2.35. The first kappa shape index (κ1) is 19.6. The molecule has 146 valence electrons. The minimum atomic E-state index is -4.47. The molecule has 1 aliphatic heterocycles. The standard InChI is InChI=1S/C20H24F3N3O/c1-14(17-11-16(20(21,22)23)12-18(24)26-17)27-13-19(7-9-25-10-8-19)15-5-3-2-4-6-15/h2-6,11-12,14,25H,7-10,13H2,1H3,(H2,24,26). The van der Waals surface area contributed by atoms with Crippen molar-refractivity contribution in [2.24, 2.45) is 0 Å². The molecule has 27 heavy (non-hydrogen) atoms. The smallest absolute Gasteiger partial charge is 0.384 e. The van der Waals surface area contributed by atoms with Gasteiger partial charge in [0, 0.05) is 5.41 Å². The Morgan fingerprint density at radius 3 is 2.48 bits per heavy atom. The average Bonchev–Trinajstić information content (AvgIpc) is 2.66. The minimum absolute atomic E-state index is 0.157. The highest BCUT2D eigenvalue weighted by molar-refractivity contribution is 5.37. The molecule has 3 N–H and O–H groups in total. The molecule has 1 saturated heterocycles. The fourth-order valence-corrected chi connectivity index (χ4v) is 3.53. The number of pyridine rings is 1. The van der Waals surface area contributed by atoms with Crippen molar-refractivity contribution in [2.45, 2.75) is 37.5 Å². The van der Waals surface area contributed by atoms with Crippen LogP contribution in [0.1, 0.15) is 42.7 Å². The zero-order valence-corrected chi connectivity index (χ0v) is 15.2. The summed E-state index contributed by atoms with van der Waals surface area (Å²) in [7, 11) is 0. The summed E-state index contributed by atoms with van der Waals surface area (Å²) in [4.78, 5) is 4.05. The molecule has 4 nitrogen and oxygen atoms in total. The number of nitrogens with one attached hydrogen (secondary N) is 1. The second kappa shape index (κ2) is 7.86. The maximum absolute atomic E-state index is 13.0. The third-order valence-electron chi connectivity index (χ3n) is 5.17. The summed E-state index contributed by atoms with van der Waals surface area (Å²) < 4.78 is 45.2. The zero-order chi connectivity index (χ0) is 19.5. The van der Waals surface area contributed by atoms with Crippen molar-refractivity contribution >= 4 is 5.82 Å². The first-order valence-electron chi connectivity index (χ1n) is 9.03. The van der Waals surface area contributed by atoms with Crippen LogP contribution in [0, 0.1) is 0 Å². The number of aromatic nitrogens is 1. The van der Waals surface area contributed by atoms with E-state index in [2.05, 4.69) is 22.4 Å². The van der Waals surface area contributed by atoms with Gasteiger partial charge >= 0.3 is 6.18 Å². The van der Waals surface area contributed by atoms with E-state index >= 15 is 0 Å². The number of halogens is 3. The Hall–Kier alpha value is -2.12. The van der Waals surface area contributed by atoms with Crippen molar-refractivity contribution in [3.8, 4) is 0 Å². The Labute approximate surface area is 156 Å². The molecule has 0 bridgehead atoms. The quantitative estimate of drug-likeness (QED) is 0.822. The number of nitrogen functional groups attached to an aromatic ring is 1. The van der Waals surface area contributed by atoms with E-state index < -0.39 is 17.8 Å². The minimum Gasteiger partial charge on any atom is -0.384 e. The number of hydrogen-bond donors (Lipinski definition) is 2. The maximum Gasteiger partial charge on any atom is 0.416 e. The molecule has 3 rings (SSSR count). The summed E-state index contributed by atoms with van der Waals surface area (Å²) in [5, 5.41) is 3.35. The van der Waals surface area contributed by atoms with E-state index in [-0.39, 0.29) is 16.9 Å². The predicted molar refractivity (Wildman–Crippen MR) is 98.2 cm³/mol. The van der Waals surface area contributed by atoms with Crippen molar-refractivity contribution in [2.75, 3.05) is 25.4 Å². The number of nitrogens with zero attached hydrogens (tertiary/aromatic N) is 1. The SMILES string of the molecule is CC(OCC1(c2ccccc2)CCNCC1)c1cc(C(F)(F)F)cc(N)n1. The second-order valence-corrected chi connectivity index (χ2v) is 7.05. The highest BCUT2D eigenvalue weighted by atomic mass is 19.4. The molecular weight excluding hydrogens is 355 g/mol. The second-order valence-electron chi connectivity index (χ2n) is 7.05. The third kappa shape index (κ3) is 4.59. The Morgan fingerprint density at radius 1 is 1.19 bits per heavy atom. The fourth-order valence-electron chi connectivity index (χ4n) is 3.53. The van der Waals surface area contributed by atoms with Gasteiger partial charge in [0.05, 0.1) is 24.0 Å². The maximum atomic E-state index is 13.0. The van der Waals surface area contributed by atoms with Crippen LogP contribution in [0.2, 0.25) is 0 Å². The number of anilines is 1. The topological polar surface area (TPSA) is 60.2 Å². The van der Waals surface area contributed by atoms with E-state index in [4.69, 9.17) is 10.5 Å². The molecule has 0 aliphatic carbocycles. The summed E-state index contributed by atoms with van der Waals surface area (Å²) in [5.74, 6) is -0.157. The number of ether oxygens (including phenoxy) is 1. The van der Waals surface area contributed by atoms with Crippen LogP contribution in [0.25, 0.3) is 0 Å². The van der Waals surface area contributed by atoms with Gasteiger partial charge in [0.1, 0.15) is 5.82 Å². The molecule has 2 aromatic rings. The van der Waals surface area contributed by atoms with Crippen LogP contribution in [0.4, 0.5) is 19.0 Å². The molecule has 0 spiro atoms. The van der Waals surface area contributed by atoms with Crippen LogP contribution in [-0.4, -0.2) is 24.7 Å². The highest BCUT2D eigenvalue weighted by Crippen LogP contribution is 2.36. The van der Waals surface area contributed by atoms with Gasteiger partial charge in [0.15, 0.2) is 0 Å². The molecule has 1 fully saturated rings. The van der Waals surface area contributed by atoms with Crippen LogP contribution in [0.15, 0.2) is 42.5 Å². The number of piperidine rings is 1. The first-order valence-corrected chi connectivity index (χ1v) is 9.03. The summed E-state index contributed by atoms with van der Waals surface area (Å²) in [6.45, 7) is 3.88. The van der Waals surface area contributed by atoms with Crippen LogP contribution in [0.3, 0.4) is 0 Å². The lowest BCUT2D eigenvalue weighted by Crippen LogP contribution is -2.43. The molecule has 0 amide bonds. The average molecular weight is 379 g/mol. The zero-order valence-electron chi connectivity index (χ0n) is 15.2. The fraction of sp³-hybridized carbons (Fsp3) is 0.450. The van der Waals surface area contributed by atoms with Crippen LogP contribution >= 0.6 is 0 Å². The van der Waals surface area contributed by atoms with Crippen LogP contribution in [-0.2, 0) is 16.3 Å². The van der Waals surface area contributed by atoms with Crippen molar-refractivity contribution in [1.82, 2.24) is 10.3 Å².